The Morgan fingerprint density at radius 3 is 2.89 bits per heavy atom. The molecule has 1 aromatic carbocycles. The van der Waals surface area contributed by atoms with Crippen molar-refractivity contribution < 1.29 is 9.18 Å². The maximum atomic E-state index is 13.5. The van der Waals surface area contributed by atoms with Gasteiger partial charge in [0.15, 0.2) is 0 Å². The van der Waals surface area contributed by atoms with Crippen LogP contribution in [-0.4, -0.2) is 15.7 Å². The van der Waals surface area contributed by atoms with E-state index in [9.17, 15) is 9.18 Å². The predicted molar refractivity (Wildman–Crippen MR) is 70.2 cm³/mol. The predicted octanol–water partition coefficient (Wildman–Crippen LogP) is 1.72. The summed E-state index contributed by atoms with van der Waals surface area (Å²) in [5, 5.41) is 6.76. The largest absolute Gasteiger partial charge is 0.384 e. The first-order valence-corrected chi connectivity index (χ1v) is 5.86. The van der Waals surface area contributed by atoms with Crippen molar-refractivity contribution in [2.45, 2.75) is 6.54 Å². The molecule has 1 aromatic heterocycles. The molecule has 2 rings (SSSR count). The van der Waals surface area contributed by atoms with Crippen molar-refractivity contribution in [1.29, 1.82) is 0 Å². The molecule has 0 radical (unpaired) electrons. The zero-order valence-corrected chi connectivity index (χ0v) is 10.9. The summed E-state index contributed by atoms with van der Waals surface area (Å²) >= 11 is 5.62. The van der Waals surface area contributed by atoms with Crippen molar-refractivity contribution >= 4 is 23.3 Å². The molecule has 1 heterocycles. The summed E-state index contributed by atoms with van der Waals surface area (Å²) in [5.74, 6) is -0.738. The summed E-state index contributed by atoms with van der Waals surface area (Å²) < 4.78 is 15.0. The molecule has 0 unspecified atom stereocenters. The SMILES string of the molecule is Cn1ncc(CNC(=O)c2ccc(Cl)cc2F)c1N. The number of benzene rings is 1. The number of aryl methyl sites for hydroxylation is 1. The van der Waals surface area contributed by atoms with E-state index in [0.29, 0.717) is 11.4 Å². The van der Waals surface area contributed by atoms with Gasteiger partial charge in [0.25, 0.3) is 5.91 Å². The summed E-state index contributed by atoms with van der Waals surface area (Å²) in [6, 6.07) is 3.88. The molecule has 0 aliphatic heterocycles. The zero-order valence-electron chi connectivity index (χ0n) is 10.2. The van der Waals surface area contributed by atoms with Crippen LogP contribution in [0.15, 0.2) is 24.4 Å². The molecule has 0 atom stereocenters. The van der Waals surface area contributed by atoms with Gasteiger partial charge in [0.05, 0.1) is 11.8 Å². The molecule has 5 nitrogen and oxygen atoms in total. The van der Waals surface area contributed by atoms with Gasteiger partial charge >= 0.3 is 0 Å². The highest BCUT2D eigenvalue weighted by Gasteiger charge is 2.13. The zero-order chi connectivity index (χ0) is 14.0. The normalized spacial score (nSPS) is 10.5. The number of hydrogen-bond acceptors (Lipinski definition) is 3. The third kappa shape index (κ3) is 2.85. The standard InChI is InChI=1S/C12H12ClFN4O/c1-18-11(15)7(6-17-18)5-16-12(19)9-3-2-8(13)4-10(9)14/h2-4,6H,5,15H2,1H3,(H,16,19). The molecular formula is C12H12ClFN4O. The van der Waals surface area contributed by atoms with Gasteiger partial charge in [-0.3, -0.25) is 9.48 Å². The average molecular weight is 283 g/mol. The number of nitrogens with zero attached hydrogens (tertiary/aromatic N) is 2. The van der Waals surface area contributed by atoms with Gasteiger partial charge in [-0.25, -0.2) is 4.39 Å². The van der Waals surface area contributed by atoms with Gasteiger partial charge in [-0.1, -0.05) is 11.6 Å². The van der Waals surface area contributed by atoms with Gasteiger partial charge in [0.2, 0.25) is 0 Å². The van der Waals surface area contributed by atoms with E-state index in [1.807, 2.05) is 0 Å². The number of rotatable bonds is 3. The van der Waals surface area contributed by atoms with Crippen LogP contribution in [0.25, 0.3) is 0 Å². The Morgan fingerprint density at radius 2 is 2.32 bits per heavy atom. The fourth-order valence-corrected chi connectivity index (χ4v) is 1.73. The van der Waals surface area contributed by atoms with Crippen molar-refractivity contribution in [2.75, 3.05) is 5.73 Å². The number of halogens is 2. The van der Waals surface area contributed by atoms with Gasteiger partial charge in [-0.15, -0.1) is 0 Å². The summed E-state index contributed by atoms with van der Waals surface area (Å²) in [6.45, 7) is 0.181. The Labute approximate surface area is 114 Å². The molecule has 0 bridgehead atoms. The second kappa shape index (κ2) is 5.27. The number of nitrogen functional groups attached to an aromatic ring is 1. The van der Waals surface area contributed by atoms with Crippen molar-refractivity contribution in [1.82, 2.24) is 15.1 Å². The van der Waals surface area contributed by atoms with Gasteiger partial charge in [0, 0.05) is 24.2 Å². The quantitative estimate of drug-likeness (QED) is 0.900. The summed E-state index contributed by atoms with van der Waals surface area (Å²) in [6.07, 6.45) is 1.55. The molecule has 19 heavy (non-hydrogen) atoms. The van der Waals surface area contributed by atoms with Gasteiger partial charge < -0.3 is 11.1 Å². The lowest BCUT2D eigenvalue weighted by atomic mass is 10.2. The fraction of sp³-hybridized carbons (Fsp3) is 0.167. The van der Waals surface area contributed by atoms with E-state index in [1.54, 1.807) is 13.2 Å². The highest BCUT2D eigenvalue weighted by molar-refractivity contribution is 6.30. The average Bonchev–Trinajstić information content (AvgIpc) is 2.67. The highest BCUT2D eigenvalue weighted by Crippen LogP contribution is 2.15. The molecule has 0 saturated heterocycles. The molecule has 0 fully saturated rings. The fourth-order valence-electron chi connectivity index (χ4n) is 1.57. The van der Waals surface area contributed by atoms with E-state index in [1.165, 1.54) is 16.8 Å². The second-order valence-electron chi connectivity index (χ2n) is 3.99. The van der Waals surface area contributed by atoms with E-state index < -0.39 is 11.7 Å². The molecule has 0 spiro atoms. The number of amides is 1. The molecule has 3 N–H and O–H groups in total. The van der Waals surface area contributed by atoms with Crippen molar-refractivity contribution in [3.05, 3.63) is 46.4 Å². The second-order valence-corrected chi connectivity index (χ2v) is 4.42. The Bertz CT molecular complexity index is 626. The van der Waals surface area contributed by atoms with Crippen LogP contribution >= 0.6 is 11.6 Å². The third-order valence-electron chi connectivity index (χ3n) is 2.68. The number of nitrogens with one attached hydrogen (secondary N) is 1. The first-order chi connectivity index (χ1) is 8.99. The minimum absolute atomic E-state index is 0.0631. The smallest absolute Gasteiger partial charge is 0.254 e. The minimum Gasteiger partial charge on any atom is -0.384 e. The van der Waals surface area contributed by atoms with Crippen LogP contribution < -0.4 is 11.1 Å². The van der Waals surface area contributed by atoms with Gasteiger partial charge in [-0.05, 0) is 18.2 Å². The van der Waals surface area contributed by atoms with E-state index in [2.05, 4.69) is 10.4 Å². The van der Waals surface area contributed by atoms with E-state index in [4.69, 9.17) is 17.3 Å². The van der Waals surface area contributed by atoms with Crippen LogP contribution in [0.4, 0.5) is 10.2 Å². The monoisotopic (exact) mass is 282 g/mol. The molecule has 100 valence electrons. The lowest BCUT2D eigenvalue weighted by Crippen LogP contribution is -2.24. The van der Waals surface area contributed by atoms with Crippen LogP contribution in [0.3, 0.4) is 0 Å². The maximum Gasteiger partial charge on any atom is 0.254 e. The first-order valence-electron chi connectivity index (χ1n) is 5.48. The molecule has 0 aliphatic carbocycles. The van der Waals surface area contributed by atoms with Crippen LogP contribution in [0, 0.1) is 5.82 Å². The van der Waals surface area contributed by atoms with E-state index in [0.717, 1.165) is 6.07 Å². The summed E-state index contributed by atoms with van der Waals surface area (Å²) in [5.41, 5.74) is 6.34. The number of aromatic nitrogens is 2. The van der Waals surface area contributed by atoms with Gasteiger partial charge in [0.1, 0.15) is 11.6 Å². The lowest BCUT2D eigenvalue weighted by molar-refractivity contribution is 0.0947. The number of carbonyl (C=O) groups is 1. The summed E-state index contributed by atoms with van der Waals surface area (Å²) in [4.78, 5) is 11.8. The Hall–Kier alpha value is -2.08. The third-order valence-corrected chi connectivity index (χ3v) is 2.91. The van der Waals surface area contributed by atoms with Crippen molar-refractivity contribution in [3.8, 4) is 0 Å². The topological polar surface area (TPSA) is 72.9 Å². The number of anilines is 1. The van der Waals surface area contributed by atoms with Crippen LogP contribution in [-0.2, 0) is 13.6 Å². The molecular weight excluding hydrogens is 271 g/mol. The molecule has 7 heteroatoms. The van der Waals surface area contributed by atoms with E-state index >= 15 is 0 Å². The summed E-state index contributed by atoms with van der Waals surface area (Å²) in [7, 11) is 1.69. The molecule has 0 saturated carbocycles. The number of nitrogens with two attached hydrogens (primary N) is 1. The van der Waals surface area contributed by atoms with Crippen LogP contribution in [0.2, 0.25) is 5.02 Å². The van der Waals surface area contributed by atoms with Crippen LogP contribution in [0.5, 0.6) is 0 Å². The minimum atomic E-state index is -0.663. The molecule has 1 amide bonds. The molecule has 0 aliphatic rings. The Morgan fingerprint density at radius 1 is 1.58 bits per heavy atom. The molecule has 2 aromatic rings. The van der Waals surface area contributed by atoms with Crippen LogP contribution in [0.1, 0.15) is 15.9 Å². The van der Waals surface area contributed by atoms with Crippen molar-refractivity contribution in [3.63, 3.8) is 0 Å². The van der Waals surface area contributed by atoms with Crippen molar-refractivity contribution in [2.24, 2.45) is 7.05 Å². The lowest BCUT2D eigenvalue weighted by Gasteiger charge is -2.06. The van der Waals surface area contributed by atoms with Gasteiger partial charge in [-0.2, -0.15) is 5.10 Å². The highest BCUT2D eigenvalue weighted by atomic mass is 35.5. The van der Waals surface area contributed by atoms with E-state index in [-0.39, 0.29) is 17.1 Å². The number of carbonyl (C=O) groups excluding carboxylic acids is 1. The maximum absolute atomic E-state index is 13.5. The Balaban J connectivity index is 2.07. The first kappa shape index (κ1) is 13.4. The number of hydrogen-bond donors (Lipinski definition) is 2. The Kier molecular flexibility index (Phi) is 3.71.